The van der Waals surface area contributed by atoms with Crippen molar-refractivity contribution in [2.75, 3.05) is 12.4 Å². The zero-order valence-electron chi connectivity index (χ0n) is 12.7. The fourth-order valence-corrected chi connectivity index (χ4v) is 2.01. The van der Waals surface area contributed by atoms with Gasteiger partial charge in [0.05, 0.1) is 29.5 Å². The average Bonchev–Trinajstić information content (AvgIpc) is 2.54. The number of hydrogen-bond donors (Lipinski definition) is 3. The van der Waals surface area contributed by atoms with Crippen molar-refractivity contribution in [1.29, 1.82) is 0 Å². The van der Waals surface area contributed by atoms with E-state index in [1.54, 1.807) is 0 Å². The van der Waals surface area contributed by atoms with Gasteiger partial charge in [-0.05, 0) is 36.4 Å². The zero-order chi connectivity index (χ0) is 18.8. The molecule has 6 nitrogen and oxygen atoms in total. The Bertz CT molecular complexity index is 833. The molecule has 0 bridgehead atoms. The number of benzene rings is 2. The van der Waals surface area contributed by atoms with Gasteiger partial charge in [0, 0.05) is 0 Å². The Morgan fingerprint density at radius 1 is 1.12 bits per heavy atom. The number of amides is 1. The van der Waals surface area contributed by atoms with Gasteiger partial charge in [0.25, 0.3) is 5.91 Å². The number of halogens is 3. The fourth-order valence-electron chi connectivity index (χ4n) is 2.01. The molecule has 0 unspecified atom stereocenters. The molecule has 0 spiro atoms. The number of aromatic hydroxyl groups is 1. The molecule has 1 amide bonds. The molecule has 2 aromatic carbocycles. The number of phenols is 1. The summed E-state index contributed by atoms with van der Waals surface area (Å²) >= 11 is 0. The summed E-state index contributed by atoms with van der Waals surface area (Å²) < 4.78 is 43.2. The third kappa shape index (κ3) is 4.00. The monoisotopic (exact) mass is 355 g/mol. The SMILES string of the molecule is COc1cc(C(=O)O)ccc1NC(=O)c1cc(C(F)(F)F)ccc1O. The lowest BCUT2D eigenvalue weighted by Crippen LogP contribution is -2.15. The molecule has 0 heterocycles. The number of methoxy groups -OCH3 is 1. The van der Waals surface area contributed by atoms with Gasteiger partial charge in [-0.15, -0.1) is 0 Å². The molecule has 3 N–H and O–H groups in total. The predicted octanol–water partition coefficient (Wildman–Crippen LogP) is 3.37. The van der Waals surface area contributed by atoms with Crippen LogP contribution in [0, 0.1) is 0 Å². The van der Waals surface area contributed by atoms with Crippen molar-refractivity contribution < 1.29 is 37.7 Å². The van der Waals surface area contributed by atoms with Crippen LogP contribution in [0.15, 0.2) is 36.4 Å². The quantitative estimate of drug-likeness (QED) is 0.781. The lowest BCUT2D eigenvalue weighted by atomic mass is 10.1. The summed E-state index contributed by atoms with van der Waals surface area (Å²) in [5, 5.41) is 20.9. The number of carbonyl (C=O) groups is 2. The molecule has 0 aliphatic rings. The number of carbonyl (C=O) groups excluding carboxylic acids is 1. The highest BCUT2D eigenvalue weighted by Crippen LogP contribution is 2.33. The van der Waals surface area contributed by atoms with Gasteiger partial charge in [0.2, 0.25) is 0 Å². The summed E-state index contributed by atoms with van der Waals surface area (Å²) in [6, 6.07) is 5.49. The van der Waals surface area contributed by atoms with Crippen LogP contribution in [-0.2, 0) is 6.18 Å². The van der Waals surface area contributed by atoms with Crippen LogP contribution in [0.1, 0.15) is 26.3 Å². The number of ether oxygens (including phenoxy) is 1. The van der Waals surface area contributed by atoms with Crippen molar-refractivity contribution in [2.24, 2.45) is 0 Å². The topological polar surface area (TPSA) is 95.9 Å². The first-order valence-electron chi connectivity index (χ1n) is 6.76. The van der Waals surface area contributed by atoms with E-state index in [1.807, 2.05) is 0 Å². The number of alkyl halides is 3. The van der Waals surface area contributed by atoms with E-state index in [0.717, 1.165) is 12.1 Å². The Balaban J connectivity index is 2.36. The molecule has 0 aromatic heterocycles. The molecule has 0 aliphatic carbocycles. The number of phenolic OH excluding ortho intramolecular Hbond substituents is 1. The summed E-state index contributed by atoms with van der Waals surface area (Å²) in [6.45, 7) is 0. The largest absolute Gasteiger partial charge is 0.507 e. The number of hydrogen-bond acceptors (Lipinski definition) is 4. The summed E-state index contributed by atoms with van der Waals surface area (Å²) in [5.41, 5.74) is -1.74. The molecule has 0 aliphatic heterocycles. The second-order valence-electron chi connectivity index (χ2n) is 4.90. The number of carboxylic acids is 1. The Labute approximate surface area is 139 Å². The van der Waals surface area contributed by atoms with E-state index in [-0.39, 0.29) is 17.0 Å². The lowest BCUT2D eigenvalue weighted by Gasteiger charge is -2.13. The summed E-state index contributed by atoms with van der Waals surface area (Å²) in [7, 11) is 1.23. The molecule has 0 atom stereocenters. The van der Waals surface area contributed by atoms with E-state index < -0.39 is 34.9 Å². The molecule has 2 rings (SSSR count). The minimum Gasteiger partial charge on any atom is -0.507 e. The van der Waals surface area contributed by atoms with Crippen LogP contribution in [0.25, 0.3) is 0 Å². The number of rotatable bonds is 4. The minimum absolute atomic E-state index is 0.000263. The summed E-state index contributed by atoms with van der Waals surface area (Å²) in [6.07, 6.45) is -4.68. The average molecular weight is 355 g/mol. The molecule has 25 heavy (non-hydrogen) atoms. The Morgan fingerprint density at radius 3 is 2.36 bits per heavy atom. The van der Waals surface area contributed by atoms with Gasteiger partial charge >= 0.3 is 12.1 Å². The van der Waals surface area contributed by atoms with Crippen LogP contribution in [0.4, 0.5) is 18.9 Å². The molecule has 0 saturated heterocycles. The third-order valence-corrected chi connectivity index (χ3v) is 3.27. The maximum Gasteiger partial charge on any atom is 0.416 e. The molecule has 9 heteroatoms. The molecular weight excluding hydrogens is 343 g/mol. The van der Waals surface area contributed by atoms with Gasteiger partial charge in [-0.25, -0.2) is 4.79 Å². The van der Waals surface area contributed by atoms with Crippen molar-refractivity contribution in [3.63, 3.8) is 0 Å². The maximum absolute atomic E-state index is 12.7. The predicted molar refractivity (Wildman–Crippen MR) is 81.0 cm³/mol. The van der Waals surface area contributed by atoms with Gasteiger partial charge in [0.15, 0.2) is 0 Å². The first-order valence-corrected chi connectivity index (χ1v) is 6.76. The van der Waals surface area contributed by atoms with E-state index in [2.05, 4.69) is 5.32 Å². The Hall–Kier alpha value is -3.23. The van der Waals surface area contributed by atoms with Gasteiger partial charge < -0.3 is 20.3 Å². The first-order chi connectivity index (χ1) is 11.6. The Kier molecular flexibility index (Phi) is 4.87. The van der Waals surface area contributed by atoms with Crippen LogP contribution in [0.2, 0.25) is 0 Å². The highest BCUT2D eigenvalue weighted by Gasteiger charge is 2.32. The van der Waals surface area contributed by atoms with Crippen molar-refractivity contribution in [2.45, 2.75) is 6.18 Å². The van der Waals surface area contributed by atoms with Crippen LogP contribution < -0.4 is 10.1 Å². The van der Waals surface area contributed by atoms with Gasteiger partial charge in [-0.1, -0.05) is 0 Å². The second-order valence-corrected chi connectivity index (χ2v) is 4.90. The molecule has 2 aromatic rings. The number of aromatic carboxylic acids is 1. The van der Waals surface area contributed by atoms with Crippen molar-refractivity contribution in [3.8, 4) is 11.5 Å². The molecule has 0 fully saturated rings. The van der Waals surface area contributed by atoms with Crippen molar-refractivity contribution in [3.05, 3.63) is 53.1 Å². The normalized spacial score (nSPS) is 11.0. The van der Waals surface area contributed by atoms with E-state index in [4.69, 9.17) is 9.84 Å². The van der Waals surface area contributed by atoms with Crippen LogP contribution in [-0.4, -0.2) is 29.2 Å². The molecule has 132 valence electrons. The van der Waals surface area contributed by atoms with Crippen LogP contribution >= 0.6 is 0 Å². The summed E-state index contributed by atoms with van der Waals surface area (Å²) in [5.74, 6) is -2.86. The van der Waals surface area contributed by atoms with E-state index >= 15 is 0 Å². The zero-order valence-corrected chi connectivity index (χ0v) is 12.7. The third-order valence-electron chi connectivity index (χ3n) is 3.27. The van der Waals surface area contributed by atoms with Gasteiger partial charge in [-0.3, -0.25) is 4.79 Å². The number of nitrogens with one attached hydrogen (secondary N) is 1. The smallest absolute Gasteiger partial charge is 0.416 e. The minimum atomic E-state index is -4.68. The number of carboxylic acid groups (broad SMARTS) is 1. The van der Waals surface area contributed by atoms with Gasteiger partial charge in [-0.2, -0.15) is 13.2 Å². The lowest BCUT2D eigenvalue weighted by molar-refractivity contribution is -0.137. The fraction of sp³-hybridized carbons (Fsp3) is 0.125. The molecule has 0 saturated carbocycles. The number of anilines is 1. The maximum atomic E-state index is 12.7. The van der Waals surface area contributed by atoms with Crippen LogP contribution in [0.3, 0.4) is 0 Å². The standard InChI is InChI=1S/C16H12F3NO5/c1-25-13-6-8(15(23)24)2-4-11(13)20-14(22)10-7-9(16(17,18)19)3-5-12(10)21/h2-7,21H,1H3,(H,20,22)(H,23,24). The second kappa shape index (κ2) is 6.71. The Morgan fingerprint density at radius 2 is 1.80 bits per heavy atom. The van der Waals surface area contributed by atoms with Crippen LogP contribution in [0.5, 0.6) is 11.5 Å². The molecule has 0 radical (unpaired) electrons. The highest BCUT2D eigenvalue weighted by molar-refractivity contribution is 6.07. The van der Waals surface area contributed by atoms with E-state index in [1.165, 1.54) is 19.2 Å². The van der Waals surface area contributed by atoms with E-state index in [9.17, 15) is 27.9 Å². The van der Waals surface area contributed by atoms with E-state index in [0.29, 0.717) is 12.1 Å². The van der Waals surface area contributed by atoms with Gasteiger partial charge in [0.1, 0.15) is 11.5 Å². The van der Waals surface area contributed by atoms with Crippen molar-refractivity contribution >= 4 is 17.6 Å². The molecular formula is C16H12F3NO5. The summed E-state index contributed by atoms with van der Waals surface area (Å²) in [4.78, 5) is 23.1. The van der Waals surface area contributed by atoms with Crippen molar-refractivity contribution in [1.82, 2.24) is 0 Å². The highest BCUT2D eigenvalue weighted by atomic mass is 19.4. The first kappa shape index (κ1) is 18.1.